The highest BCUT2D eigenvalue weighted by Crippen LogP contribution is 2.31. The molecule has 1 heterocycles. The van der Waals surface area contributed by atoms with Gasteiger partial charge in [0.2, 0.25) is 5.88 Å². The van der Waals surface area contributed by atoms with Crippen LogP contribution in [0.25, 0.3) is 11.3 Å². The van der Waals surface area contributed by atoms with Gasteiger partial charge in [0.1, 0.15) is 16.3 Å². The summed E-state index contributed by atoms with van der Waals surface area (Å²) >= 11 is 3.44. The van der Waals surface area contributed by atoms with E-state index in [1.807, 2.05) is 37.3 Å². The number of ether oxygens (including phenoxy) is 1. The Kier molecular flexibility index (Phi) is 5.33. The van der Waals surface area contributed by atoms with E-state index in [0.717, 1.165) is 15.6 Å². The van der Waals surface area contributed by atoms with E-state index in [-0.39, 0.29) is 16.5 Å². The average molecular weight is 437 g/mol. The average Bonchev–Trinajstić information content (AvgIpc) is 3.09. The number of aromatic nitrogens is 1. The van der Waals surface area contributed by atoms with Gasteiger partial charge in [0.05, 0.1) is 7.11 Å². The maximum Gasteiger partial charge on any atom is 0.267 e. The van der Waals surface area contributed by atoms with Crippen LogP contribution in [0.3, 0.4) is 0 Å². The van der Waals surface area contributed by atoms with E-state index in [2.05, 4.69) is 25.8 Å². The third kappa shape index (κ3) is 3.76. The smallest absolute Gasteiger partial charge is 0.267 e. The Morgan fingerprint density at radius 1 is 1.19 bits per heavy atom. The molecule has 3 aromatic rings. The number of methoxy groups -OCH3 is 1. The van der Waals surface area contributed by atoms with Crippen molar-refractivity contribution in [3.05, 3.63) is 58.6 Å². The molecule has 0 amide bonds. The van der Waals surface area contributed by atoms with E-state index in [9.17, 15) is 8.42 Å². The molecule has 1 aromatic heterocycles. The van der Waals surface area contributed by atoms with Crippen molar-refractivity contribution in [2.45, 2.75) is 18.2 Å². The van der Waals surface area contributed by atoms with Crippen molar-refractivity contribution in [3.8, 4) is 17.0 Å². The largest absolute Gasteiger partial charge is 0.495 e. The summed E-state index contributed by atoms with van der Waals surface area (Å²) in [6.45, 7) is 1.95. The van der Waals surface area contributed by atoms with Crippen molar-refractivity contribution >= 4 is 31.8 Å². The number of rotatable bonds is 6. The zero-order valence-electron chi connectivity index (χ0n) is 14.2. The lowest BCUT2D eigenvalue weighted by Crippen LogP contribution is -2.14. The molecule has 0 aliphatic rings. The molecule has 0 fully saturated rings. The SMILES string of the molecule is CCc1ccc(OC)c(S(=O)(=O)Nc2cc(-c3ccccc3Br)no2)c1. The van der Waals surface area contributed by atoms with Gasteiger partial charge in [-0.1, -0.05) is 52.3 Å². The summed E-state index contributed by atoms with van der Waals surface area (Å²) < 4.78 is 39.1. The van der Waals surface area contributed by atoms with E-state index < -0.39 is 10.0 Å². The molecule has 0 aliphatic heterocycles. The second-order valence-electron chi connectivity index (χ2n) is 5.50. The summed E-state index contributed by atoms with van der Waals surface area (Å²) in [6.07, 6.45) is 0.709. The van der Waals surface area contributed by atoms with Crippen molar-refractivity contribution in [2.24, 2.45) is 0 Å². The molecule has 8 heteroatoms. The number of hydrogen-bond donors (Lipinski definition) is 1. The fourth-order valence-electron chi connectivity index (χ4n) is 2.46. The van der Waals surface area contributed by atoms with E-state index in [1.165, 1.54) is 13.2 Å². The fourth-order valence-corrected chi connectivity index (χ4v) is 4.14. The molecule has 3 rings (SSSR count). The monoisotopic (exact) mass is 436 g/mol. The van der Waals surface area contributed by atoms with Crippen LogP contribution in [0.15, 0.2) is 62.4 Å². The zero-order chi connectivity index (χ0) is 18.7. The maximum absolute atomic E-state index is 12.8. The Balaban J connectivity index is 1.93. The third-order valence-electron chi connectivity index (χ3n) is 3.82. The number of nitrogens with zero attached hydrogens (tertiary/aromatic N) is 1. The molecule has 0 atom stereocenters. The van der Waals surface area contributed by atoms with Crippen molar-refractivity contribution < 1.29 is 17.7 Å². The molecule has 0 saturated carbocycles. The molecule has 136 valence electrons. The molecule has 1 N–H and O–H groups in total. The Morgan fingerprint density at radius 2 is 1.96 bits per heavy atom. The molecule has 0 radical (unpaired) electrons. The summed E-state index contributed by atoms with van der Waals surface area (Å²) in [5.74, 6) is 0.292. The van der Waals surface area contributed by atoms with Gasteiger partial charge in [0, 0.05) is 16.1 Å². The van der Waals surface area contributed by atoms with Gasteiger partial charge < -0.3 is 9.26 Å². The second-order valence-corrected chi connectivity index (χ2v) is 8.01. The van der Waals surface area contributed by atoms with Gasteiger partial charge in [-0.05, 0) is 30.2 Å². The van der Waals surface area contributed by atoms with E-state index >= 15 is 0 Å². The molecule has 6 nitrogen and oxygen atoms in total. The predicted molar refractivity (Wildman–Crippen MR) is 103 cm³/mol. The van der Waals surface area contributed by atoms with E-state index in [1.54, 1.807) is 12.1 Å². The zero-order valence-corrected chi connectivity index (χ0v) is 16.6. The van der Waals surface area contributed by atoms with E-state index in [4.69, 9.17) is 9.26 Å². The van der Waals surface area contributed by atoms with Crippen molar-refractivity contribution in [1.82, 2.24) is 5.16 Å². The maximum atomic E-state index is 12.8. The number of benzene rings is 2. The summed E-state index contributed by atoms with van der Waals surface area (Å²) in [5.41, 5.74) is 2.20. The second kappa shape index (κ2) is 7.51. The van der Waals surface area contributed by atoms with Crippen molar-refractivity contribution in [1.29, 1.82) is 0 Å². The minimum absolute atomic E-state index is 0.0275. The van der Waals surface area contributed by atoms with Crippen LogP contribution in [0.5, 0.6) is 5.75 Å². The van der Waals surface area contributed by atoms with Crippen LogP contribution in [0, 0.1) is 0 Å². The molecular weight excluding hydrogens is 420 g/mol. The third-order valence-corrected chi connectivity index (χ3v) is 5.88. The van der Waals surface area contributed by atoms with Crippen molar-refractivity contribution in [3.63, 3.8) is 0 Å². The number of halogens is 1. The normalized spacial score (nSPS) is 11.3. The van der Waals surface area contributed by atoms with Crippen LogP contribution >= 0.6 is 15.9 Å². The Hall–Kier alpha value is -2.32. The topological polar surface area (TPSA) is 81.4 Å². The summed E-state index contributed by atoms with van der Waals surface area (Å²) in [7, 11) is -2.46. The van der Waals surface area contributed by atoms with Crippen molar-refractivity contribution in [2.75, 3.05) is 11.8 Å². The summed E-state index contributed by atoms with van der Waals surface area (Å²) in [5, 5.41) is 3.94. The number of hydrogen-bond acceptors (Lipinski definition) is 5. The molecule has 0 aliphatic carbocycles. The van der Waals surface area contributed by atoms with Gasteiger partial charge in [0.15, 0.2) is 0 Å². The molecule has 0 bridgehead atoms. The minimum Gasteiger partial charge on any atom is -0.495 e. The van der Waals surface area contributed by atoms with Gasteiger partial charge >= 0.3 is 0 Å². The molecule has 2 aromatic carbocycles. The Morgan fingerprint density at radius 3 is 2.65 bits per heavy atom. The number of aryl methyl sites for hydroxylation is 1. The quantitative estimate of drug-likeness (QED) is 0.615. The van der Waals surface area contributed by atoms with Crippen LogP contribution in [0.4, 0.5) is 5.88 Å². The van der Waals surface area contributed by atoms with Gasteiger partial charge in [-0.2, -0.15) is 0 Å². The molecule has 0 unspecified atom stereocenters. The van der Waals surface area contributed by atoms with Gasteiger partial charge in [-0.15, -0.1) is 0 Å². The minimum atomic E-state index is -3.89. The van der Waals surface area contributed by atoms with Gasteiger partial charge in [0.25, 0.3) is 10.0 Å². The Labute approximate surface area is 160 Å². The van der Waals surface area contributed by atoms with Crippen LogP contribution in [-0.4, -0.2) is 20.7 Å². The highest BCUT2D eigenvalue weighted by atomic mass is 79.9. The first kappa shape index (κ1) is 18.5. The molecule has 0 spiro atoms. The number of nitrogens with one attached hydrogen (secondary N) is 1. The number of sulfonamides is 1. The summed E-state index contributed by atoms with van der Waals surface area (Å²) in [6, 6.07) is 14.1. The standard InChI is InChI=1S/C18H17BrN2O4S/c1-3-12-8-9-16(24-2)17(10-12)26(22,23)21-18-11-15(20-25-18)13-6-4-5-7-14(13)19/h4-11,21H,3H2,1-2H3. The first-order valence-electron chi connectivity index (χ1n) is 7.86. The van der Waals surface area contributed by atoms with Crippen LogP contribution in [0.1, 0.15) is 12.5 Å². The molecular formula is C18H17BrN2O4S. The first-order chi connectivity index (χ1) is 12.4. The van der Waals surface area contributed by atoms with Gasteiger partial charge in [-0.25, -0.2) is 13.1 Å². The van der Waals surface area contributed by atoms with Crippen LogP contribution < -0.4 is 9.46 Å². The highest BCUT2D eigenvalue weighted by Gasteiger charge is 2.22. The van der Waals surface area contributed by atoms with Crippen LogP contribution in [0.2, 0.25) is 0 Å². The van der Waals surface area contributed by atoms with Gasteiger partial charge in [-0.3, -0.25) is 0 Å². The number of anilines is 1. The lowest BCUT2D eigenvalue weighted by atomic mass is 10.2. The predicted octanol–water partition coefficient (Wildman–Crippen LogP) is 4.48. The lowest BCUT2D eigenvalue weighted by Gasteiger charge is -2.11. The first-order valence-corrected chi connectivity index (χ1v) is 10.1. The lowest BCUT2D eigenvalue weighted by molar-refractivity contribution is 0.402. The molecule has 0 saturated heterocycles. The summed E-state index contributed by atoms with van der Waals surface area (Å²) in [4.78, 5) is 0.0539. The highest BCUT2D eigenvalue weighted by molar-refractivity contribution is 9.10. The molecule has 26 heavy (non-hydrogen) atoms. The Bertz CT molecular complexity index is 1030. The van der Waals surface area contributed by atoms with E-state index in [0.29, 0.717) is 12.1 Å². The van der Waals surface area contributed by atoms with Crippen LogP contribution in [-0.2, 0) is 16.4 Å². The fraction of sp³-hybridized carbons (Fsp3) is 0.167.